The molecule has 192 valence electrons. The third-order valence-corrected chi connectivity index (χ3v) is 7.09. The molecular formula is C24H32B2FN2O6P. The molecule has 8 nitrogen and oxygen atoms in total. The van der Waals surface area contributed by atoms with Crippen molar-refractivity contribution in [1.82, 2.24) is 9.55 Å². The summed E-state index contributed by atoms with van der Waals surface area (Å²) in [5.41, 5.74) is -0.0963. The summed E-state index contributed by atoms with van der Waals surface area (Å²) in [5, 5.41) is -1.85. The first kappa shape index (κ1) is 28.6. The third-order valence-electron chi connectivity index (χ3n) is 5.95. The van der Waals surface area contributed by atoms with Gasteiger partial charge in [0.2, 0.25) is 0 Å². The molecule has 12 heteroatoms. The van der Waals surface area contributed by atoms with E-state index >= 15 is 4.39 Å². The molecule has 36 heavy (non-hydrogen) atoms. The third kappa shape index (κ3) is 6.31. The first-order chi connectivity index (χ1) is 16.5. The fourth-order valence-corrected chi connectivity index (χ4v) is 5.00. The van der Waals surface area contributed by atoms with E-state index in [0.717, 1.165) is 5.56 Å². The van der Waals surface area contributed by atoms with Crippen molar-refractivity contribution in [3.05, 3.63) is 61.7 Å². The molecule has 4 radical (unpaired) electrons. The van der Waals surface area contributed by atoms with Crippen molar-refractivity contribution < 1.29 is 22.7 Å². The Bertz CT molecular complexity index is 1220. The van der Waals surface area contributed by atoms with E-state index in [-0.39, 0.29) is 30.8 Å². The first-order valence-corrected chi connectivity index (χ1v) is 12.7. The standard InChI is InChI=1S/C24H32B2FN2O6P/c1-22(2,3)15-12-16(23(4,5)6)20-14(19(15)27)13-33-36(34-20)35-24(25,26)17(32-7)8-10-29-11-9-18(30)28-21(29)31/h9,11-12,17H,8,10,13H2,1-7H3,(H,28,30,31). The van der Waals surface area contributed by atoms with Gasteiger partial charge in [0, 0.05) is 36.9 Å². The SMILES string of the molecule is [B]C([B])(OP1OCc2c(F)c(C(C)(C)C)cc(C(C)(C)C)c2O1)C(CCn1ccc(=O)[nH]c1=O)OC. The van der Waals surface area contributed by atoms with Gasteiger partial charge in [-0.3, -0.25) is 14.3 Å². The highest BCUT2D eigenvalue weighted by Gasteiger charge is 2.39. The molecule has 3 rings (SSSR count). The number of hydrogen-bond acceptors (Lipinski definition) is 6. The van der Waals surface area contributed by atoms with Gasteiger partial charge in [0.1, 0.15) is 27.3 Å². The van der Waals surface area contributed by atoms with Crippen LogP contribution in [0.5, 0.6) is 5.75 Å². The summed E-state index contributed by atoms with van der Waals surface area (Å²) >= 11 is 0. The van der Waals surface area contributed by atoms with Gasteiger partial charge >= 0.3 is 14.3 Å². The fourth-order valence-electron chi connectivity index (χ4n) is 3.89. The van der Waals surface area contributed by atoms with Gasteiger partial charge in [-0.15, -0.1) is 0 Å². The Morgan fingerprint density at radius 2 is 1.81 bits per heavy atom. The van der Waals surface area contributed by atoms with E-state index in [2.05, 4.69) is 4.98 Å². The summed E-state index contributed by atoms with van der Waals surface area (Å²) in [6.07, 6.45) is 0.688. The number of aromatic amines is 1. The minimum absolute atomic E-state index is 0.0691. The monoisotopic (exact) mass is 516 g/mol. The van der Waals surface area contributed by atoms with Crippen LogP contribution in [-0.4, -0.2) is 43.9 Å². The lowest BCUT2D eigenvalue weighted by molar-refractivity contribution is 0.000853. The smallest absolute Gasteiger partial charge is 0.396 e. The number of fused-ring (bicyclic) bond motifs is 1. The Balaban J connectivity index is 1.83. The number of ether oxygens (including phenoxy) is 1. The second-order valence-electron chi connectivity index (χ2n) is 10.9. The molecule has 0 saturated carbocycles. The maximum absolute atomic E-state index is 15.5. The summed E-state index contributed by atoms with van der Waals surface area (Å²) in [4.78, 5) is 25.4. The van der Waals surface area contributed by atoms with Crippen LogP contribution in [0.4, 0.5) is 4.39 Å². The molecule has 0 amide bonds. The van der Waals surface area contributed by atoms with Crippen molar-refractivity contribution >= 4 is 24.3 Å². The zero-order chi connectivity index (χ0) is 27.1. The molecule has 2 atom stereocenters. The number of H-pyrrole nitrogens is 1. The van der Waals surface area contributed by atoms with Gasteiger partial charge in [-0.05, 0) is 28.9 Å². The van der Waals surface area contributed by atoms with Gasteiger partial charge in [0.25, 0.3) is 5.56 Å². The van der Waals surface area contributed by atoms with E-state index < -0.39 is 36.8 Å². The number of halogens is 1. The van der Waals surface area contributed by atoms with Crippen LogP contribution in [0.15, 0.2) is 27.9 Å². The van der Waals surface area contributed by atoms with Gasteiger partial charge in [0.05, 0.1) is 18.3 Å². The Morgan fingerprint density at radius 3 is 2.36 bits per heavy atom. The van der Waals surface area contributed by atoms with Crippen molar-refractivity contribution in [2.45, 2.75) is 83.4 Å². The largest absolute Gasteiger partial charge is 0.426 e. The summed E-state index contributed by atoms with van der Waals surface area (Å²) < 4.78 is 39.8. The Labute approximate surface area is 214 Å². The van der Waals surface area contributed by atoms with E-state index in [4.69, 9.17) is 34.0 Å². The maximum Gasteiger partial charge on any atom is 0.396 e. The molecule has 1 aromatic carbocycles. The zero-order valence-electron chi connectivity index (χ0n) is 21.8. The van der Waals surface area contributed by atoms with Gasteiger partial charge in [-0.2, -0.15) is 0 Å². The Hall–Kier alpha value is -1.93. The van der Waals surface area contributed by atoms with Crippen molar-refractivity contribution in [2.24, 2.45) is 0 Å². The van der Waals surface area contributed by atoms with Crippen molar-refractivity contribution in [3.8, 4) is 5.75 Å². The van der Waals surface area contributed by atoms with Crippen LogP contribution >= 0.6 is 8.60 Å². The molecule has 0 bridgehead atoms. The minimum Gasteiger partial charge on any atom is -0.426 e. The van der Waals surface area contributed by atoms with Crippen molar-refractivity contribution in [2.75, 3.05) is 7.11 Å². The first-order valence-electron chi connectivity index (χ1n) is 11.6. The summed E-state index contributed by atoms with van der Waals surface area (Å²) in [6, 6.07) is 3.07. The van der Waals surface area contributed by atoms with E-state index in [1.807, 2.05) is 47.6 Å². The van der Waals surface area contributed by atoms with Gasteiger partial charge in [-0.25, -0.2) is 9.18 Å². The normalized spacial score (nSPS) is 17.4. The minimum atomic E-state index is -2.09. The van der Waals surface area contributed by atoms with Crippen LogP contribution in [0.25, 0.3) is 0 Å². The molecule has 0 fully saturated rings. The van der Waals surface area contributed by atoms with E-state index in [1.54, 1.807) is 0 Å². The molecule has 1 N–H and O–H groups in total. The lowest BCUT2D eigenvalue weighted by Crippen LogP contribution is -2.47. The predicted octanol–water partition coefficient (Wildman–Crippen LogP) is 3.52. The number of aryl methyl sites for hydroxylation is 1. The zero-order valence-corrected chi connectivity index (χ0v) is 22.7. The second-order valence-corrected chi connectivity index (χ2v) is 12.0. The van der Waals surface area contributed by atoms with Crippen LogP contribution in [0.1, 0.15) is 64.7 Å². The van der Waals surface area contributed by atoms with Crippen LogP contribution in [0, 0.1) is 5.82 Å². The summed E-state index contributed by atoms with van der Waals surface area (Å²) in [7, 11) is 11.8. The molecule has 2 aromatic rings. The second kappa shape index (κ2) is 10.4. The van der Waals surface area contributed by atoms with Gasteiger partial charge in [-0.1, -0.05) is 41.5 Å². The van der Waals surface area contributed by atoms with Crippen molar-refractivity contribution in [1.29, 1.82) is 0 Å². The summed E-state index contributed by atoms with van der Waals surface area (Å²) in [5.74, 6) is 0.00272. The number of hydrogen-bond donors (Lipinski definition) is 1. The molecule has 1 aliphatic heterocycles. The molecule has 0 saturated heterocycles. The Morgan fingerprint density at radius 1 is 1.17 bits per heavy atom. The van der Waals surface area contributed by atoms with Gasteiger partial charge in [0.15, 0.2) is 0 Å². The van der Waals surface area contributed by atoms with Crippen LogP contribution in [0.3, 0.4) is 0 Å². The molecule has 0 aliphatic carbocycles. The molecule has 1 aromatic heterocycles. The highest BCUT2D eigenvalue weighted by molar-refractivity contribution is 7.42. The number of methoxy groups -OCH3 is 1. The topological polar surface area (TPSA) is 91.8 Å². The number of rotatable bonds is 7. The predicted molar refractivity (Wildman–Crippen MR) is 138 cm³/mol. The van der Waals surface area contributed by atoms with Crippen molar-refractivity contribution in [3.63, 3.8) is 0 Å². The number of nitrogens with one attached hydrogen (secondary N) is 1. The summed E-state index contributed by atoms with van der Waals surface area (Å²) in [6.45, 7) is 12.0. The molecule has 1 aliphatic rings. The van der Waals surface area contributed by atoms with Gasteiger partial charge < -0.3 is 18.4 Å². The molecule has 2 unspecified atom stereocenters. The molecule has 2 heterocycles. The molecule has 0 spiro atoms. The van der Waals surface area contributed by atoms with E-state index in [0.29, 0.717) is 16.9 Å². The Kier molecular flexibility index (Phi) is 8.31. The lowest BCUT2D eigenvalue weighted by Gasteiger charge is -2.39. The quantitative estimate of drug-likeness (QED) is 0.448. The number of aromatic nitrogens is 2. The van der Waals surface area contributed by atoms with Crippen LogP contribution < -0.4 is 15.8 Å². The van der Waals surface area contributed by atoms with Crippen LogP contribution in [-0.2, 0) is 37.8 Å². The average Bonchev–Trinajstić information content (AvgIpc) is 2.73. The fraction of sp³-hybridized carbons (Fsp3) is 0.583. The number of benzene rings is 1. The average molecular weight is 516 g/mol. The maximum atomic E-state index is 15.5. The van der Waals surface area contributed by atoms with E-state index in [9.17, 15) is 9.59 Å². The van der Waals surface area contributed by atoms with Crippen LogP contribution in [0.2, 0.25) is 0 Å². The van der Waals surface area contributed by atoms with E-state index in [1.165, 1.54) is 23.9 Å². The lowest BCUT2D eigenvalue weighted by atomic mass is 9.61. The highest BCUT2D eigenvalue weighted by atomic mass is 31.2. The molecular weight excluding hydrogens is 484 g/mol. The highest BCUT2D eigenvalue weighted by Crippen LogP contribution is 2.54. The number of nitrogens with zero attached hydrogens (tertiary/aromatic N) is 1.